The quantitative estimate of drug-likeness (QED) is 0.0841. The van der Waals surface area contributed by atoms with Crippen molar-refractivity contribution in [1.82, 2.24) is 15.0 Å². The Kier molecular flexibility index (Phi) is 13.0. The SMILES string of the molecule is Cc1ccc(S(=O)(=O)[O-])cc1.c1cc(OCc2ccncc2)cc([S+](c2cccc(OCc3ccncc3)c2)c2cccc(OCc3ccncc3)c2)c1. The maximum atomic E-state index is 10.4. The molecule has 0 saturated carbocycles. The van der Waals surface area contributed by atoms with E-state index < -0.39 is 21.0 Å². The molecule has 7 aromatic rings. The molecule has 3 aromatic heterocycles. The molecule has 0 radical (unpaired) electrons. The lowest BCUT2D eigenvalue weighted by Gasteiger charge is -2.13. The molecule has 4 aromatic carbocycles. The van der Waals surface area contributed by atoms with Crippen molar-refractivity contribution in [3.05, 3.63) is 193 Å². The number of ether oxygens (including phenoxy) is 3. The minimum atomic E-state index is -4.27. The molecular weight excluding hydrogens is 719 g/mol. The van der Waals surface area contributed by atoms with Crippen LogP contribution in [0, 0.1) is 6.92 Å². The van der Waals surface area contributed by atoms with Gasteiger partial charge < -0.3 is 18.8 Å². The summed E-state index contributed by atoms with van der Waals surface area (Å²) in [6.45, 7) is 3.23. The standard InChI is InChI=1S/C36H30N3O3S.C7H8O3S/c1-4-31(40-25-28-10-16-37-17-11-28)22-34(7-1)43(35-8-2-5-32(23-35)41-26-29-12-18-38-19-13-29)36-9-3-6-33(24-36)42-27-30-14-20-39-21-15-30;1-6-2-4-7(5-3-6)11(8,9)10/h1-24H,25-27H2;2-5H,1H3,(H,8,9,10)/q+1;/p-1. The van der Waals surface area contributed by atoms with Crippen molar-refractivity contribution in [1.29, 1.82) is 0 Å². The molecule has 0 spiro atoms. The molecule has 7 rings (SSSR count). The average molecular weight is 756 g/mol. The van der Waals surface area contributed by atoms with Gasteiger partial charge in [0, 0.05) is 55.4 Å². The first-order valence-electron chi connectivity index (χ1n) is 16.9. The fourth-order valence-electron chi connectivity index (χ4n) is 5.12. The van der Waals surface area contributed by atoms with Crippen molar-refractivity contribution >= 4 is 21.0 Å². The van der Waals surface area contributed by atoms with Gasteiger partial charge in [0.2, 0.25) is 0 Å². The van der Waals surface area contributed by atoms with Crippen molar-refractivity contribution in [3.8, 4) is 17.2 Å². The van der Waals surface area contributed by atoms with Crippen LogP contribution in [0.1, 0.15) is 22.3 Å². The van der Waals surface area contributed by atoms with Crippen LogP contribution in [0.2, 0.25) is 0 Å². The molecule has 0 aliphatic heterocycles. The second kappa shape index (κ2) is 18.7. The second-order valence-corrected chi connectivity index (χ2v) is 15.3. The lowest BCUT2D eigenvalue weighted by atomic mass is 10.2. The average Bonchev–Trinajstić information content (AvgIpc) is 3.20. The Morgan fingerprint density at radius 2 is 0.833 bits per heavy atom. The van der Waals surface area contributed by atoms with Crippen LogP contribution >= 0.6 is 0 Å². The molecule has 0 aliphatic rings. The van der Waals surface area contributed by atoms with Crippen molar-refractivity contribution in [2.45, 2.75) is 46.3 Å². The van der Waals surface area contributed by atoms with E-state index in [1.807, 2.05) is 79.7 Å². The second-order valence-electron chi connectivity index (χ2n) is 11.9. The molecular formula is C43H37N3O6S2. The molecule has 0 fully saturated rings. The van der Waals surface area contributed by atoms with E-state index in [4.69, 9.17) is 14.2 Å². The maximum absolute atomic E-state index is 10.4. The molecule has 9 nitrogen and oxygen atoms in total. The van der Waals surface area contributed by atoms with Gasteiger partial charge in [0.1, 0.15) is 47.2 Å². The Bertz CT molecular complexity index is 2130. The van der Waals surface area contributed by atoms with Crippen LogP contribution < -0.4 is 14.2 Å². The molecule has 3 heterocycles. The zero-order valence-electron chi connectivity index (χ0n) is 29.4. The molecule has 0 N–H and O–H groups in total. The Hall–Kier alpha value is -6.01. The number of hydrogen-bond acceptors (Lipinski definition) is 9. The molecule has 272 valence electrons. The Morgan fingerprint density at radius 1 is 0.500 bits per heavy atom. The van der Waals surface area contributed by atoms with E-state index in [0.717, 1.165) is 54.2 Å². The molecule has 0 bridgehead atoms. The number of benzene rings is 4. The van der Waals surface area contributed by atoms with E-state index in [0.29, 0.717) is 19.8 Å². The molecule has 0 aliphatic carbocycles. The lowest BCUT2D eigenvalue weighted by Crippen LogP contribution is -2.07. The van der Waals surface area contributed by atoms with Gasteiger partial charge >= 0.3 is 0 Å². The Labute approximate surface area is 318 Å². The van der Waals surface area contributed by atoms with Gasteiger partial charge in [-0.25, -0.2) is 8.42 Å². The summed E-state index contributed by atoms with van der Waals surface area (Å²) >= 11 is 0. The van der Waals surface area contributed by atoms with Gasteiger partial charge in [0.15, 0.2) is 14.7 Å². The van der Waals surface area contributed by atoms with Crippen molar-refractivity contribution in [2.24, 2.45) is 0 Å². The topological polar surface area (TPSA) is 124 Å². The fraction of sp³-hybridized carbons (Fsp3) is 0.0930. The predicted octanol–water partition coefficient (Wildman–Crippen LogP) is 8.60. The van der Waals surface area contributed by atoms with Crippen LogP contribution in [0.5, 0.6) is 17.2 Å². The van der Waals surface area contributed by atoms with Crippen LogP contribution in [0.15, 0.2) is 190 Å². The van der Waals surface area contributed by atoms with Crippen LogP contribution in [0.4, 0.5) is 0 Å². The number of pyridine rings is 3. The van der Waals surface area contributed by atoms with Crippen molar-refractivity contribution < 1.29 is 27.2 Å². The first-order chi connectivity index (χ1) is 26.3. The highest BCUT2D eigenvalue weighted by atomic mass is 32.2. The van der Waals surface area contributed by atoms with Crippen molar-refractivity contribution in [3.63, 3.8) is 0 Å². The highest BCUT2D eigenvalue weighted by Gasteiger charge is 2.30. The molecule has 0 atom stereocenters. The summed E-state index contributed by atoms with van der Waals surface area (Å²) in [5, 5.41) is 0. The predicted molar refractivity (Wildman–Crippen MR) is 206 cm³/mol. The highest BCUT2D eigenvalue weighted by Crippen LogP contribution is 2.36. The molecule has 0 saturated heterocycles. The normalized spacial score (nSPS) is 10.9. The van der Waals surface area contributed by atoms with Gasteiger partial charge in [-0.3, -0.25) is 15.0 Å². The number of hydrogen-bond donors (Lipinski definition) is 0. The van der Waals surface area contributed by atoms with E-state index in [1.54, 1.807) is 49.3 Å². The monoisotopic (exact) mass is 755 g/mol. The minimum Gasteiger partial charge on any atom is -0.744 e. The van der Waals surface area contributed by atoms with E-state index >= 15 is 0 Å². The fourth-order valence-corrected chi connectivity index (χ4v) is 7.76. The van der Waals surface area contributed by atoms with Gasteiger partial charge in [-0.1, -0.05) is 35.9 Å². The molecule has 11 heteroatoms. The molecule has 0 amide bonds. The summed E-state index contributed by atoms with van der Waals surface area (Å²) in [6.07, 6.45) is 10.7. The smallest absolute Gasteiger partial charge is 0.170 e. The lowest BCUT2D eigenvalue weighted by molar-refractivity contribution is 0.305. The number of rotatable bonds is 13. The van der Waals surface area contributed by atoms with Crippen LogP contribution in [0.3, 0.4) is 0 Å². The summed E-state index contributed by atoms with van der Waals surface area (Å²) in [6, 6.07) is 42.5. The van der Waals surface area contributed by atoms with E-state index in [9.17, 15) is 13.0 Å². The largest absolute Gasteiger partial charge is 0.744 e. The summed E-state index contributed by atoms with van der Waals surface area (Å²) in [5.41, 5.74) is 4.13. The van der Waals surface area contributed by atoms with Gasteiger partial charge in [0.25, 0.3) is 0 Å². The minimum absolute atomic E-state index is 0.178. The van der Waals surface area contributed by atoms with Gasteiger partial charge in [0.05, 0.1) is 15.8 Å². The number of aryl methyl sites for hydroxylation is 1. The summed E-state index contributed by atoms with van der Waals surface area (Å²) < 4.78 is 49.7. The zero-order chi connectivity index (χ0) is 37.6. The third-order valence-corrected chi connectivity index (χ3v) is 10.9. The third kappa shape index (κ3) is 11.2. The van der Waals surface area contributed by atoms with Gasteiger partial charge in [-0.15, -0.1) is 0 Å². The highest BCUT2D eigenvalue weighted by molar-refractivity contribution is 7.97. The van der Waals surface area contributed by atoms with Crippen LogP contribution in [0.25, 0.3) is 0 Å². The molecule has 0 unspecified atom stereocenters. The van der Waals surface area contributed by atoms with E-state index in [-0.39, 0.29) is 4.90 Å². The zero-order valence-corrected chi connectivity index (χ0v) is 31.0. The van der Waals surface area contributed by atoms with E-state index in [1.165, 1.54) is 12.1 Å². The van der Waals surface area contributed by atoms with Crippen LogP contribution in [-0.4, -0.2) is 27.9 Å². The first kappa shape index (κ1) is 37.7. The maximum Gasteiger partial charge on any atom is 0.170 e. The number of aromatic nitrogens is 3. The van der Waals surface area contributed by atoms with Crippen LogP contribution in [-0.2, 0) is 40.8 Å². The third-order valence-electron chi connectivity index (χ3n) is 7.90. The molecule has 54 heavy (non-hydrogen) atoms. The van der Waals surface area contributed by atoms with E-state index in [2.05, 4.69) is 51.4 Å². The number of nitrogens with zero attached hydrogens (tertiary/aromatic N) is 3. The summed E-state index contributed by atoms with van der Waals surface area (Å²) in [7, 11) is -4.73. The summed E-state index contributed by atoms with van der Waals surface area (Å²) in [5.74, 6) is 2.42. The first-order valence-corrected chi connectivity index (χ1v) is 19.6. The Morgan fingerprint density at radius 3 is 1.15 bits per heavy atom. The van der Waals surface area contributed by atoms with Crippen molar-refractivity contribution in [2.75, 3.05) is 0 Å². The summed E-state index contributed by atoms with van der Waals surface area (Å²) in [4.78, 5) is 15.5. The van der Waals surface area contributed by atoms with Gasteiger partial charge in [-0.2, -0.15) is 0 Å². The van der Waals surface area contributed by atoms with Gasteiger partial charge in [-0.05, 0) is 109 Å². The Balaban J connectivity index is 0.000000389.